The maximum absolute atomic E-state index is 14.1. The monoisotopic (exact) mass is 501 g/mol. The van der Waals surface area contributed by atoms with E-state index in [1.54, 1.807) is 12.3 Å². The van der Waals surface area contributed by atoms with Gasteiger partial charge in [-0.25, -0.2) is 19.3 Å². The SMILES string of the molecule is C[C@@H]1CNCC[C@H]1Cc1nc(-c2ccnc(Nc3nc(F)ccc3F)c2)nc2cncc(C3CCC3)c12. The van der Waals surface area contributed by atoms with Gasteiger partial charge in [-0.2, -0.15) is 9.37 Å². The Morgan fingerprint density at radius 3 is 2.76 bits per heavy atom. The smallest absolute Gasteiger partial charge is 0.214 e. The molecule has 2 aliphatic rings. The Kier molecular flexibility index (Phi) is 6.46. The first kappa shape index (κ1) is 23.8. The molecule has 0 unspecified atom stereocenters. The number of hydrogen-bond acceptors (Lipinski definition) is 7. The number of piperidine rings is 1. The van der Waals surface area contributed by atoms with E-state index in [0.29, 0.717) is 29.4 Å². The Morgan fingerprint density at radius 2 is 1.95 bits per heavy atom. The molecule has 37 heavy (non-hydrogen) atoms. The number of halogens is 2. The minimum absolute atomic E-state index is 0.223. The van der Waals surface area contributed by atoms with Crippen molar-refractivity contribution in [3.8, 4) is 11.4 Å². The molecule has 4 aromatic heterocycles. The zero-order valence-corrected chi connectivity index (χ0v) is 20.7. The molecule has 6 rings (SSSR count). The third-order valence-corrected chi connectivity index (χ3v) is 7.75. The summed E-state index contributed by atoms with van der Waals surface area (Å²) in [6.45, 7) is 4.34. The van der Waals surface area contributed by atoms with E-state index in [1.165, 1.54) is 24.8 Å². The molecule has 4 aromatic rings. The van der Waals surface area contributed by atoms with Gasteiger partial charge in [0.2, 0.25) is 5.95 Å². The van der Waals surface area contributed by atoms with Crippen LogP contribution in [0.1, 0.15) is 49.8 Å². The lowest BCUT2D eigenvalue weighted by atomic mass is 9.78. The standard InChI is InChI=1S/C28H29F2N7/c1-16-13-31-9-7-18(16)11-22-26-20(17-3-2-4-17)14-32-15-23(26)35-27(34-22)19-8-10-33-25(12-19)37-28-21(29)5-6-24(30)36-28/h5-6,8,10,12,14-18,31H,2-4,7,9,11,13H2,1H3,(H,33,36,37)/t16-,18+/m1/s1. The number of aromatic nitrogens is 5. The summed E-state index contributed by atoms with van der Waals surface area (Å²) in [6.07, 6.45) is 11.0. The van der Waals surface area contributed by atoms with Crippen LogP contribution in [-0.4, -0.2) is 38.0 Å². The van der Waals surface area contributed by atoms with E-state index in [4.69, 9.17) is 9.97 Å². The third kappa shape index (κ3) is 4.87. The second-order valence-electron chi connectivity index (χ2n) is 10.2. The fourth-order valence-corrected chi connectivity index (χ4v) is 5.38. The van der Waals surface area contributed by atoms with Crippen molar-refractivity contribution in [1.82, 2.24) is 30.2 Å². The highest BCUT2D eigenvalue weighted by molar-refractivity contribution is 5.86. The number of nitrogens with zero attached hydrogens (tertiary/aromatic N) is 5. The molecule has 190 valence electrons. The van der Waals surface area contributed by atoms with Gasteiger partial charge < -0.3 is 10.6 Å². The van der Waals surface area contributed by atoms with Crippen molar-refractivity contribution in [3.63, 3.8) is 0 Å². The molecule has 2 N–H and O–H groups in total. The van der Waals surface area contributed by atoms with Crippen LogP contribution >= 0.6 is 0 Å². The molecule has 1 saturated carbocycles. The molecule has 0 spiro atoms. The van der Waals surface area contributed by atoms with E-state index in [1.807, 2.05) is 18.5 Å². The predicted octanol–water partition coefficient (Wildman–Crippen LogP) is 5.56. The summed E-state index contributed by atoms with van der Waals surface area (Å²) in [4.78, 5) is 22.4. The highest BCUT2D eigenvalue weighted by atomic mass is 19.1. The molecule has 0 aromatic carbocycles. The van der Waals surface area contributed by atoms with Gasteiger partial charge in [-0.3, -0.25) is 4.98 Å². The molecule has 2 fully saturated rings. The van der Waals surface area contributed by atoms with Crippen LogP contribution in [0.3, 0.4) is 0 Å². The van der Waals surface area contributed by atoms with Crippen molar-refractivity contribution in [3.05, 3.63) is 65.9 Å². The van der Waals surface area contributed by atoms with Crippen LogP contribution in [0.15, 0.2) is 42.9 Å². The topological polar surface area (TPSA) is 88.5 Å². The van der Waals surface area contributed by atoms with Crippen LogP contribution < -0.4 is 10.6 Å². The van der Waals surface area contributed by atoms with Crippen molar-refractivity contribution < 1.29 is 8.78 Å². The van der Waals surface area contributed by atoms with E-state index < -0.39 is 11.8 Å². The Labute approximate surface area is 214 Å². The zero-order valence-electron chi connectivity index (χ0n) is 20.7. The average molecular weight is 502 g/mol. The minimum atomic E-state index is -0.774. The van der Waals surface area contributed by atoms with Gasteiger partial charge in [0.1, 0.15) is 5.82 Å². The Bertz CT molecular complexity index is 1440. The van der Waals surface area contributed by atoms with E-state index in [2.05, 4.69) is 32.5 Å². The highest BCUT2D eigenvalue weighted by Crippen LogP contribution is 2.41. The highest BCUT2D eigenvalue weighted by Gasteiger charge is 2.27. The predicted molar refractivity (Wildman–Crippen MR) is 138 cm³/mol. The fourth-order valence-electron chi connectivity index (χ4n) is 5.38. The molecule has 9 heteroatoms. The van der Waals surface area contributed by atoms with E-state index in [0.717, 1.165) is 60.2 Å². The lowest BCUT2D eigenvalue weighted by Gasteiger charge is -2.31. The Morgan fingerprint density at radius 1 is 1.05 bits per heavy atom. The summed E-state index contributed by atoms with van der Waals surface area (Å²) in [5.41, 5.74) is 3.89. The molecule has 2 atom stereocenters. The maximum Gasteiger partial charge on any atom is 0.214 e. The summed E-state index contributed by atoms with van der Waals surface area (Å²) >= 11 is 0. The quantitative estimate of drug-likeness (QED) is 0.335. The van der Waals surface area contributed by atoms with Crippen molar-refractivity contribution >= 4 is 22.5 Å². The van der Waals surface area contributed by atoms with E-state index in [-0.39, 0.29) is 5.82 Å². The minimum Gasteiger partial charge on any atom is -0.322 e. The van der Waals surface area contributed by atoms with E-state index in [9.17, 15) is 8.78 Å². The largest absolute Gasteiger partial charge is 0.322 e. The van der Waals surface area contributed by atoms with Gasteiger partial charge in [0.15, 0.2) is 17.5 Å². The second kappa shape index (κ2) is 10.0. The lowest BCUT2D eigenvalue weighted by Crippen LogP contribution is -2.36. The number of nitrogens with one attached hydrogen (secondary N) is 2. The number of hydrogen-bond donors (Lipinski definition) is 2. The van der Waals surface area contributed by atoms with Crippen molar-refractivity contribution in [2.45, 2.75) is 44.9 Å². The summed E-state index contributed by atoms with van der Waals surface area (Å²) in [7, 11) is 0. The third-order valence-electron chi connectivity index (χ3n) is 7.75. The van der Waals surface area contributed by atoms with Crippen molar-refractivity contribution in [2.24, 2.45) is 11.8 Å². The molecular formula is C28H29F2N7. The van der Waals surface area contributed by atoms with Gasteiger partial charge in [-0.05, 0) is 86.4 Å². The van der Waals surface area contributed by atoms with Gasteiger partial charge in [0.05, 0.1) is 17.4 Å². The molecule has 0 radical (unpaired) electrons. The Balaban J connectivity index is 1.41. The first-order valence-electron chi connectivity index (χ1n) is 13.0. The first-order chi connectivity index (χ1) is 18.0. The number of pyridine rings is 3. The maximum atomic E-state index is 14.1. The number of rotatable bonds is 6. The first-order valence-corrected chi connectivity index (χ1v) is 13.0. The van der Waals surface area contributed by atoms with Gasteiger partial charge in [-0.1, -0.05) is 13.3 Å². The van der Waals surface area contributed by atoms with Crippen LogP contribution in [0.5, 0.6) is 0 Å². The lowest BCUT2D eigenvalue weighted by molar-refractivity contribution is 0.271. The van der Waals surface area contributed by atoms with Crippen LogP contribution in [0.2, 0.25) is 0 Å². The van der Waals surface area contributed by atoms with Crippen molar-refractivity contribution in [1.29, 1.82) is 0 Å². The number of fused-ring (bicyclic) bond motifs is 1. The Hall–Kier alpha value is -3.59. The molecule has 1 aliphatic heterocycles. The number of anilines is 2. The molecule has 5 heterocycles. The van der Waals surface area contributed by atoms with Gasteiger partial charge >= 0.3 is 0 Å². The van der Waals surface area contributed by atoms with Crippen LogP contribution in [-0.2, 0) is 6.42 Å². The van der Waals surface area contributed by atoms with Gasteiger partial charge in [0, 0.05) is 23.3 Å². The average Bonchev–Trinajstić information content (AvgIpc) is 2.87. The molecule has 0 amide bonds. The summed E-state index contributed by atoms with van der Waals surface area (Å²) in [5.74, 6) is 0.836. The summed E-state index contributed by atoms with van der Waals surface area (Å²) in [5, 5.41) is 7.41. The fraction of sp³-hybridized carbons (Fsp3) is 0.393. The van der Waals surface area contributed by atoms with Crippen LogP contribution in [0, 0.1) is 23.6 Å². The summed E-state index contributed by atoms with van der Waals surface area (Å²) in [6, 6.07) is 5.56. The zero-order chi connectivity index (χ0) is 25.4. The molecule has 0 bridgehead atoms. The summed E-state index contributed by atoms with van der Waals surface area (Å²) < 4.78 is 27.7. The molecule has 1 saturated heterocycles. The van der Waals surface area contributed by atoms with Crippen molar-refractivity contribution in [2.75, 3.05) is 18.4 Å². The van der Waals surface area contributed by atoms with Gasteiger partial charge in [-0.15, -0.1) is 0 Å². The van der Waals surface area contributed by atoms with Gasteiger partial charge in [0.25, 0.3) is 0 Å². The second-order valence-corrected chi connectivity index (χ2v) is 10.2. The van der Waals surface area contributed by atoms with E-state index >= 15 is 0 Å². The normalized spacial score (nSPS) is 20.1. The van der Waals surface area contributed by atoms with Crippen LogP contribution in [0.4, 0.5) is 20.4 Å². The molecule has 7 nitrogen and oxygen atoms in total. The van der Waals surface area contributed by atoms with Crippen LogP contribution in [0.25, 0.3) is 22.3 Å². The molecule has 1 aliphatic carbocycles. The molecular weight excluding hydrogens is 472 g/mol.